The molecule has 0 saturated carbocycles. The average Bonchev–Trinajstić information content (AvgIpc) is 2.71. The van der Waals surface area contributed by atoms with Crippen LogP contribution in [-0.2, 0) is 24.8 Å². The maximum Gasteiger partial charge on any atom is 0.352 e. The van der Waals surface area contributed by atoms with E-state index in [1.165, 1.54) is 31.0 Å². The number of methoxy groups -OCH3 is 1. The molecule has 2 aliphatic rings. The number of amides is 4. The number of β-lactam (4-membered cyclic amide) rings is 1. The van der Waals surface area contributed by atoms with E-state index < -0.39 is 40.9 Å². The number of nitrogens with one attached hydrogen (secondary N) is 2. The number of hydrogen-bond acceptors (Lipinski definition) is 7. The van der Waals surface area contributed by atoms with Gasteiger partial charge in [0, 0.05) is 18.4 Å². The topological polar surface area (TPSA) is 177 Å². The van der Waals surface area contributed by atoms with E-state index in [0.717, 1.165) is 4.90 Å². The van der Waals surface area contributed by atoms with Crippen molar-refractivity contribution < 1.29 is 29.0 Å². The minimum atomic E-state index is -2.01. The van der Waals surface area contributed by atoms with Gasteiger partial charge >= 0.3 is 12.0 Å². The Morgan fingerprint density at radius 3 is 2.57 bits per heavy atom. The third-order valence-electron chi connectivity index (χ3n) is 4.76. The number of carbonyl (C=O) groups is 4. The lowest BCUT2D eigenvalue weighted by molar-refractivity contribution is -0.151. The molecule has 1 fully saturated rings. The second-order valence-corrected chi connectivity index (χ2v) is 7.82. The Balaban J connectivity index is 1.83. The van der Waals surface area contributed by atoms with Crippen molar-refractivity contribution in [1.82, 2.24) is 15.5 Å². The van der Waals surface area contributed by atoms with Crippen LogP contribution < -0.4 is 22.1 Å². The smallest absolute Gasteiger partial charge is 0.352 e. The lowest BCUT2D eigenvalue weighted by Gasteiger charge is -2.50. The van der Waals surface area contributed by atoms with Crippen LogP contribution >= 0.6 is 11.8 Å². The van der Waals surface area contributed by atoms with E-state index in [1.807, 2.05) is 0 Å². The number of aliphatic carboxylic acids is 1. The van der Waals surface area contributed by atoms with Crippen LogP contribution in [0.15, 0.2) is 41.6 Å². The summed E-state index contributed by atoms with van der Waals surface area (Å²) in [6.07, 6.45) is 0. The second kappa shape index (κ2) is 8.34. The number of benzene rings is 1. The Morgan fingerprint density at radius 2 is 2.00 bits per heavy atom. The number of urea groups is 1. The molecule has 1 aromatic rings. The first-order valence-corrected chi connectivity index (χ1v) is 9.87. The lowest BCUT2D eigenvalue weighted by Crippen LogP contribution is -2.74. The molecule has 1 saturated heterocycles. The Labute approximate surface area is 175 Å². The molecule has 12 heteroatoms. The monoisotopic (exact) mass is 435 g/mol. The number of carbonyl (C=O) groups excluding carboxylic acids is 3. The van der Waals surface area contributed by atoms with Gasteiger partial charge in [0.05, 0.1) is 6.61 Å². The van der Waals surface area contributed by atoms with Crippen molar-refractivity contribution in [2.45, 2.75) is 17.1 Å². The van der Waals surface area contributed by atoms with Crippen LogP contribution in [0, 0.1) is 0 Å². The van der Waals surface area contributed by atoms with Crippen molar-refractivity contribution in [1.29, 1.82) is 0 Å². The summed E-state index contributed by atoms with van der Waals surface area (Å²) in [7, 11) is 1.43. The van der Waals surface area contributed by atoms with Gasteiger partial charge in [-0.25, -0.2) is 9.59 Å². The summed E-state index contributed by atoms with van der Waals surface area (Å²) in [5.41, 5.74) is 9.92. The summed E-state index contributed by atoms with van der Waals surface area (Å²) in [5.74, 6) is -2.38. The van der Waals surface area contributed by atoms with Crippen LogP contribution in [0.4, 0.5) is 4.79 Å². The minimum Gasteiger partial charge on any atom is -0.477 e. The average molecular weight is 435 g/mol. The molecule has 1 aromatic carbocycles. The fourth-order valence-corrected chi connectivity index (χ4v) is 4.71. The first kappa shape index (κ1) is 21.6. The van der Waals surface area contributed by atoms with Crippen LogP contribution in [0.5, 0.6) is 0 Å². The van der Waals surface area contributed by atoms with E-state index in [9.17, 15) is 24.3 Å². The maximum absolute atomic E-state index is 13.0. The number of carboxylic acids is 1. The predicted octanol–water partition coefficient (Wildman–Crippen LogP) is -1.15. The summed E-state index contributed by atoms with van der Waals surface area (Å²) < 4.78 is 5.02. The second-order valence-electron chi connectivity index (χ2n) is 6.71. The van der Waals surface area contributed by atoms with Gasteiger partial charge < -0.3 is 26.2 Å². The van der Waals surface area contributed by atoms with E-state index in [-0.39, 0.29) is 17.9 Å². The molecule has 2 unspecified atom stereocenters. The SMILES string of the molecule is COCC1=C(C(=O)O)N2C(=O)C(NC(=O)C(N)(NC(N)=O)c3ccccc3)[C@H]2SC1. The van der Waals surface area contributed by atoms with Crippen LogP contribution in [0.3, 0.4) is 0 Å². The Kier molecular flexibility index (Phi) is 6.01. The summed E-state index contributed by atoms with van der Waals surface area (Å²) in [5, 5.41) is 13.7. The maximum atomic E-state index is 13.0. The molecular formula is C18H21N5O6S. The summed E-state index contributed by atoms with van der Waals surface area (Å²) >= 11 is 1.29. The minimum absolute atomic E-state index is 0.0740. The molecule has 0 radical (unpaired) electrons. The van der Waals surface area contributed by atoms with Crippen molar-refractivity contribution in [3.8, 4) is 0 Å². The largest absolute Gasteiger partial charge is 0.477 e. The van der Waals surface area contributed by atoms with Crippen molar-refractivity contribution in [2.24, 2.45) is 11.5 Å². The predicted molar refractivity (Wildman–Crippen MR) is 107 cm³/mol. The van der Waals surface area contributed by atoms with Gasteiger partial charge in [-0.3, -0.25) is 20.2 Å². The first-order valence-electron chi connectivity index (χ1n) is 8.82. The molecule has 3 rings (SSSR count). The highest BCUT2D eigenvalue weighted by atomic mass is 32.2. The van der Waals surface area contributed by atoms with Crippen molar-refractivity contribution in [3.05, 3.63) is 47.2 Å². The Bertz CT molecular complexity index is 923. The van der Waals surface area contributed by atoms with Crippen LogP contribution in [0.1, 0.15) is 5.56 Å². The zero-order valence-electron chi connectivity index (χ0n) is 16.0. The third-order valence-corrected chi connectivity index (χ3v) is 6.10. The fraction of sp³-hybridized carbons (Fsp3) is 0.333. The number of hydrogen-bond donors (Lipinski definition) is 5. The van der Waals surface area contributed by atoms with Crippen LogP contribution in [-0.4, -0.2) is 64.7 Å². The van der Waals surface area contributed by atoms with E-state index in [4.69, 9.17) is 16.2 Å². The number of ether oxygens (including phenoxy) is 1. The van der Waals surface area contributed by atoms with Gasteiger partial charge in [-0.2, -0.15) is 0 Å². The molecule has 4 amide bonds. The van der Waals surface area contributed by atoms with Gasteiger partial charge in [-0.05, 0) is 5.57 Å². The third kappa shape index (κ3) is 3.72. The van der Waals surface area contributed by atoms with Gasteiger partial charge in [-0.15, -0.1) is 11.8 Å². The van der Waals surface area contributed by atoms with Gasteiger partial charge in [0.2, 0.25) is 0 Å². The van der Waals surface area contributed by atoms with E-state index >= 15 is 0 Å². The number of rotatable bonds is 7. The van der Waals surface area contributed by atoms with E-state index in [2.05, 4.69) is 10.6 Å². The molecule has 160 valence electrons. The molecule has 2 heterocycles. The molecule has 7 N–H and O–H groups in total. The number of nitrogens with zero attached hydrogens (tertiary/aromatic N) is 1. The van der Waals surface area contributed by atoms with Crippen LogP contribution in [0.2, 0.25) is 0 Å². The van der Waals surface area contributed by atoms with Gasteiger partial charge in [0.1, 0.15) is 17.1 Å². The normalized spacial score (nSPS) is 22.5. The zero-order valence-corrected chi connectivity index (χ0v) is 16.8. The zero-order chi connectivity index (χ0) is 22.1. The fourth-order valence-electron chi connectivity index (χ4n) is 3.38. The number of primary amides is 1. The number of thioether (sulfide) groups is 1. The van der Waals surface area contributed by atoms with Crippen molar-refractivity contribution in [2.75, 3.05) is 19.5 Å². The Morgan fingerprint density at radius 1 is 1.33 bits per heavy atom. The molecular weight excluding hydrogens is 414 g/mol. The summed E-state index contributed by atoms with van der Waals surface area (Å²) in [6.45, 7) is 0.0740. The molecule has 0 bridgehead atoms. The highest BCUT2D eigenvalue weighted by molar-refractivity contribution is 8.00. The molecule has 2 aliphatic heterocycles. The quantitative estimate of drug-likeness (QED) is 0.263. The number of carboxylic acid groups (broad SMARTS) is 1. The van der Waals surface area contributed by atoms with Gasteiger partial charge in [-0.1, -0.05) is 30.3 Å². The number of nitrogens with two attached hydrogens (primary N) is 2. The van der Waals surface area contributed by atoms with Crippen molar-refractivity contribution in [3.63, 3.8) is 0 Å². The standard InChI is InChI=1S/C18H21N5O6S/c1-29-7-9-8-30-14-11(13(24)23(14)12(9)15(25)26)21-16(27)18(20,22-17(19)28)10-5-3-2-4-6-10/h2-6,11,14H,7-8,20H2,1H3,(H,21,27)(H,25,26)(H3,19,22,28)/t11?,14-,18?/m1/s1. The number of fused-ring (bicyclic) bond motifs is 1. The first-order chi connectivity index (χ1) is 14.2. The molecule has 0 spiro atoms. The van der Waals surface area contributed by atoms with Crippen LogP contribution in [0.25, 0.3) is 0 Å². The molecule has 11 nitrogen and oxygen atoms in total. The molecule has 0 aromatic heterocycles. The molecule has 3 atom stereocenters. The summed E-state index contributed by atoms with van der Waals surface area (Å²) in [6, 6.07) is 5.98. The lowest BCUT2D eigenvalue weighted by atomic mass is 9.97. The summed E-state index contributed by atoms with van der Waals surface area (Å²) in [4.78, 5) is 49.9. The van der Waals surface area contributed by atoms with E-state index in [0.29, 0.717) is 11.3 Å². The van der Waals surface area contributed by atoms with Crippen molar-refractivity contribution >= 4 is 35.6 Å². The highest BCUT2D eigenvalue weighted by Crippen LogP contribution is 2.40. The Hall–Kier alpha value is -3.09. The van der Waals surface area contributed by atoms with E-state index in [1.54, 1.807) is 18.2 Å². The highest BCUT2D eigenvalue weighted by Gasteiger charge is 2.55. The van der Waals surface area contributed by atoms with Gasteiger partial charge in [0.15, 0.2) is 5.66 Å². The van der Waals surface area contributed by atoms with Gasteiger partial charge in [0.25, 0.3) is 11.8 Å². The molecule has 0 aliphatic carbocycles. The molecule has 30 heavy (non-hydrogen) atoms.